The zero-order valence-electron chi connectivity index (χ0n) is 9.79. The lowest BCUT2D eigenvalue weighted by atomic mass is 10.1. The Morgan fingerprint density at radius 2 is 2.11 bits per heavy atom. The Labute approximate surface area is 107 Å². The van der Waals surface area contributed by atoms with Gasteiger partial charge in [-0.2, -0.15) is 5.10 Å². The molecule has 0 radical (unpaired) electrons. The van der Waals surface area contributed by atoms with Gasteiger partial charge in [-0.15, -0.1) is 0 Å². The number of ether oxygens (including phenoxy) is 1. The normalized spacial score (nSPS) is 31.1. The van der Waals surface area contributed by atoms with E-state index < -0.39 is 31.1 Å². The van der Waals surface area contributed by atoms with E-state index >= 15 is 0 Å². The summed E-state index contributed by atoms with van der Waals surface area (Å²) >= 11 is 0. The number of nitrogen functional groups attached to an aromatic ring is 1. The lowest BCUT2D eigenvalue weighted by Crippen LogP contribution is -2.33. The standard InChI is InChI=1S/C10H13N5O4/c11-8-4-1-14-15(9(4)13-3-12-8)10-7(18)6(17)5(2-16)19-10/h1,3,5-7,10,16-18H,2H2,(H2,11,12,13)/t5-,6+,7+,10-/m0/s1. The number of hydrogen-bond acceptors (Lipinski definition) is 8. The average molecular weight is 267 g/mol. The minimum atomic E-state index is -1.21. The molecule has 1 fully saturated rings. The highest BCUT2D eigenvalue weighted by molar-refractivity contribution is 5.84. The molecule has 0 amide bonds. The van der Waals surface area contributed by atoms with Crippen LogP contribution in [0.1, 0.15) is 6.23 Å². The molecule has 0 aliphatic carbocycles. The summed E-state index contributed by atoms with van der Waals surface area (Å²) in [7, 11) is 0. The molecule has 2 aromatic heterocycles. The third kappa shape index (κ3) is 1.75. The molecule has 1 aliphatic heterocycles. The predicted octanol–water partition coefficient (Wildman–Crippen LogP) is -1.98. The number of hydrogen-bond donors (Lipinski definition) is 4. The minimum Gasteiger partial charge on any atom is -0.394 e. The van der Waals surface area contributed by atoms with E-state index in [9.17, 15) is 10.2 Å². The van der Waals surface area contributed by atoms with Crippen LogP contribution < -0.4 is 5.73 Å². The van der Waals surface area contributed by atoms with Crippen molar-refractivity contribution in [3.8, 4) is 0 Å². The third-order valence-electron chi connectivity index (χ3n) is 3.18. The molecule has 0 aromatic carbocycles. The van der Waals surface area contributed by atoms with Gasteiger partial charge < -0.3 is 25.8 Å². The Balaban J connectivity index is 2.04. The van der Waals surface area contributed by atoms with Crippen LogP contribution >= 0.6 is 0 Å². The summed E-state index contributed by atoms with van der Waals surface area (Å²) in [5.74, 6) is 0.267. The van der Waals surface area contributed by atoms with Crippen molar-refractivity contribution in [2.24, 2.45) is 0 Å². The van der Waals surface area contributed by atoms with E-state index in [0.29, 0.717) is 11.0 Å². The highest BCUT2D eigenvalue weighted by Gasteiger charge is 2.44. The van der Waals surface area contributed by atoms with Gasteiger partial charge in [-0.25, -0.2) is 14.6 Å². The Morgan fingerprint density at radius 1 is 1.32 bits per heavy atom. The fraction of sp³-hybridized carbons (Fsp3) is 0.500. The van der Waals surface area contributed by atoms with Crippen molar-refractivity contribution in [2.45, 2.75) is 24.5 Å². The van der Waals surface area contributed by atoms with Crippen LogP contribution in [0, 0.1) is 0 Å². The number of nitrogens with two attached hydrogens (primary N) is 1. The molecule has 5 N–H and O–H groups in total. The van der Waals surface area contributed by atoms with Crippen LogP contribution in [-0.4, -0.2) is 60.0 Å². The van der Waals surface area contributed by atoms with Crippen molar-refractivity contribution in [1.82, 2.24) is 19.7 Å². The van der Waals surface area contributed by atoms with Gasteiger partial charge in [0.2, 0.25) is 0 Å². The van der Waals surface area contributed by atoms with Crippen molar-refractivity contribution in [3.63, 3.8) is 0 Å². The van der Waals surface area contributed by atoms with Crippen molar-refractivity contribution in [3.05, 3.63) is 12.5 Å². The summed E-state index contributed by atoms with van der Waals surface area (Å²) in [5, 5.41) is 33.3. The van der Waals surface area contributed by atoms with Gasteiger partial charge in [0.1, 0.15) is 30.5 Å². The van der Waals surface area contributed by atoms with Crippen LogP contribution in [0.4, 0.5) is 5.82 Å². The van der Waals surface area contributed by atoms with Gasteiger partial charge in [0.05, 0.1) is 18.2 Å². The van der Waals surface area contributed by atoms with Crippen LogP contribution in [0.15, 0.2) is 12.5 Å². The fourth-order valence-corrected chi connectivity index (χ4v) is 2.15. The summed E-state index contributed by atoms with van der Waals surface area (Å²) in [6, 6.07) is 0. The summed E-state index contributed by atoms with van der Waals surface area (Å²) in [4.78, 5) is 7.86. The Bertz CT molecular complexity index is 603. The first-order chi connectivity index (χ1) is 9.13. The Hall–Kier alpha value is -1.81. The molecule has 9 nitrogen and oxygen atoms in total. The van der Waals surface area contributed by atoms with E-state index in [1.54, 1.807) is 0 Å². The molecule has 9 heteroatoms. The molecule has 0 saturated carbocycles. The second-order valence-corrected chi connectivity index (χ2v) is 4.31. The van der Waals surface area contributed by atoms with E-state index in [4.69, 9.17) is 15.6 Å². The number of aromatic nitrogens is 4. The van der Waals surface area contributed by atoms with Crippen molar-refractivity contribution >= 4 is 16.9 Å². The molecule has 102 valence electrons. The third-order valence-corrected chi connectivity index (χ3v) is 3.18. The quantitative estimate of drug-likeness (QED) is 0.491. The number of nitrogens with zero attached hydrogens (tertiary/aromatic N) is 4. The second-order valence-electron chi connectivity index (χ2n) is 4.31. The second kappa shape index (κ2) is 4.38. The highest BCUT2D eigenvalue weighted by Crippen LogP contribution is 2.31. The van der Waals surface area contributed by atoms with Crippen LogP contribution in [0.5, 0.6) is 0 Å². The first-order valence-electron chi connectivity index (χ1n) is 5.69. The highest BCUT2D eigenvalue weighted by atomic mass is 16.6. The maximum Gasteiger partial charge on any atom is 0.181 e. The Kier molecular flexibility index (Phi) is 2.82. The molecule has 0 spiro atoms. The number of rotatable bonds is 2. The van der Waals surface area contributed by atoms with Crippen LogP contribution in [0.2, 0.25) is 0 Å². The topological polar surface area (TPSA) is 140 Å². The van der Waals surface area contributed by atoms with Gasteiger partial charge in [-0.05, 0) is 0 Å². The van der Waals surface area contributed by atoms with Gasteiger partial charge in [-0.1, -0.05) is 0 Å². The van der Waals surface area contributed by atoms with Gasteiger partial charge in [0.25, 0.3) is 0 Å². The summed E-state index contributed by atoms with van der Waals surface area (Å²) < 4.78 is 6.69. The summed E-state index contributed by atoms with van der Waals surface area (Å²) in [6.45, 7) is -0.398. The average Bonchev–Trinajstić information content (AvgIpc) is 2.94. The van der Waals surface area contributed by atoms with Gasteiger partial charge in [-0.3, -0.25) is 0 Å². The van der Waals surface area contributed by atoms with E-state index in [0.717, 1.165) is 0 Å². The predicted molar refractivity (Wildman–Crippen MR) is 62.7 cm³/mol. The molecule has 19 heavy (non-hydrogen) atoms. The lowest BCUT2D eigenvalue weighted by Gasteiger charge is -2.15. The summed E-state index contributed by atoms with van der Waals surface area (Å²) in [5.41, 5.74) is 6.08. The molecular weight excluding hydrogens is 254 g/mol. The van der Waals surface area contributed by atoms with Gasteiger partial charge >= 0.3 is 0 Å². The number of fused-ring (bicyclic) bond motifs is 1. The van der Waals surface area contributed by atoms with E-state index in [1.165, 1.54) is 17.2 Å². The zero-order chi connectivity index (χ0) is 13.6. The maximum absolute atomic E-state index is 9.94. The van der Waals surface area contributed by atoms with E-state index in [1.807, 2.05) is 0 Å². The van der Waals surface area contributed by atoms with E-state index in [-0.39, 0.29) is 5.82 Å². The van der Waals surface area contributed by atoms with Crippen molar-refractivity contribution in [2.75, 3.05) is 12.3 Å². The van der Waals surface area contributed by atoms with Crippen LogP contribution in [0.25, 0.3) is 11.0 Å². The largest absolute Gasteiger partial charge is 0.394 e. The molecule has 2 aromatic rings. The van der Waals surface area contributed by atoms with E-state index in [2.05, 4.69) is 15.1 Å². The first-order valence-corrected chi connectivity index (χ1v) is 5.69. The van der Waals surface area contributed by atoms with Crippen LogP contribution in [0.3, 0.4) is 0 Å². The molecule has 1 aliphatic rings. The van der Waals surface area contributed by atoms with Crippen molar-refractivity contribution in [1.29, 1.82) is 0 Å². The Morgan fingerprint density at radius 3 is 2.79 bits per heavy atom. The molecule has 1 saturated heterocycles. The molecule has 0 unspecified atom stereocenters. The van der Waals surface area contributed by atoms with Crippen LogP contribution in [-0.2, 0) is 4.74 Å². The minimum absolute atomic E-state index is 0.267. The maximum atomic E-state index is 9.94. The first kappa shape index (κ1) is 12.2. The summed E-state index contributed by atoms with van der Waals surface area (Å²) in [6.07, 6.45) is -1.46. The zero-order valence-corrected chi connectivity index (χ0v) is 9.79. The number of aliphatic hydroxyl groups is 3. The molecule has 3 heterocycles. The fourth-order valence-electron chi connectivity index (χ4n) is 2.15. The van der Waals surface area contributed by atoms with Crippen molar-refractivity contribution < 1.29 is 20.1 Å². The SMILES string of the molecule is Nc1ncnc2c1cnn2[C@H]1O[C@@H](CO)[C@@H](O)[C@H]1O. The molecular formula is C10H13N5O4. The number of anilines is 1. The number of aliphatic hydroxyl groups excluding tert-OH is 3. The van der Waals surface area contributed by atoms with Gasteiger partial charge in [0, 0.05) is 0 Å². The molecule has 3 rings (SSSR count). The smallest absolute Gasteiger partial charge is 0.181 e. The monoisotopic (exact) mass is 267 g/mol. The molecule has 4 atom stereocenters. The van der Waals surface area contributed by atoms with Gasteiger partial charge in [0.15, 0.2) is 11.9 Å². The lowest BCUT2D eigenvalue weighted by molar-refractivity contribution is -0.0566. The molecule has 0 bridgehead atoms.